The second-order valence-corrected chi connectivity index (χ2v) is 7.69. The van der Waals surface area contributed by atoms with E-state index in [1.165, 1.54) is 0 Å². The third-order valence-corrected chi connectivity index (χ3v) is 5.05. The average Bonchev–Trinajstić information content (AvgIpc) is 2.98. The smallest absolute Gasteiger partial charge is 0.253 e. The minimum Gasteiger partial charge on any atom is -0.376 e. The Kier molecular flexibility index (Phi) is 7.75. The van der Waals surface area contributed by atoms with Gasteiger partial charge in [0.15, 0.2) is 5.11 Å². The van der Waals surface area contributed by atoms with Gasteiger partial charge in [-0.3, -0.25) is 14.5 Å². The number of thiocarbonyl (C=S) groups is 1. The van der Waals surface area contributed by atoms with Crippen LogP contribution in [0.25, 0.3) is 0 Å². The zero-order valence-electron chi connectivity index (χ0n) is 16.8. The summed E-state index contributed by atoms with van der Waals surface area (Å²) in [5.74, 6) is -0.0351. The summed E-state index contributed by atoms with van der Waals surface area (Å²) in [5, 5.41) is 5.98. The molecule has 3 rings (SSSR count). The predicted octanol–water partition coefficient (Wildman–Crippen LogP) is 1.81. The molecular weight excluding hydrogens is 398 g/mol. The lowest BCUT2D eigenvalue weighted by Crippen LogP contribution is -2.39. The first-order valence-corrected chi connectivity index (χ1v) is 10.4. The molecule has 0 saturated carbocycles. The van der Waals surface area contributed by atoms with Gasteiger partial charge >= 0.3 is 0 Å². The van der Waals surface area contributed by atoms with Gasteiger partial charge in [0.25, 0.3) is 5.91 Å². The van der Waals surface area contributed by atoms with Gasteiger partial charge in [0.2, 0.25) is 5.91 Å². The van der Waals surface area contributed by atoms with Crippen molar-refractivity contribution in [3.05, 3.63) is 65.7 Å². The van der Waals surface area contributed by atoms with Crippen LogP contribution >= 0.6 is 12.2 Å². The molecule has 2 aromatic rings. The molecule has 1 aliphatic rings. The molecule has 1 aliphatic heterocycles. The highest BCUT2D eigenvalue weighted by Gasteiger charge is 2.21. The fraction of sp³-hybridized carbons (Fsp3) is 0.318. The standard InChI is InChI=1S/C22H27N5O2S/c23-22(30)25-19-9-4-8-18(14-19)21(29)27-11-5-10-26(12-13-27)16-20(28)24-15-17-6-2-1-3-7-17/h1-4,6-9,14H,5,10-13,15-16H2,(H,24,28)(H3,23,25,30). The molecule has 0 bridgehead atoms. The molecule has 0 aromatic heterocycles. The minimum absolute atomic E-state index is 0.00448. The molecule has 1 saturated heterocycles. The summed E-state index contributed by atoms with van der Waals surface area (Å²) in [4.78, 5) is 29.1. The van der Waals surface area contributed by atoms with E-state index in [-0.39, 0.29) is 16.9 Å². The second-order valence-electron chi connectivity index (χ2n) is 7.25. The highest BCUT2D eigenvalue weighted by atomic mass is 32.1. The zero-order valence-corrected chi connectivity index (χ0v) is 17.7. The van der Waals surface area contributed by atoms with Crippen molar-refractivity contribution in [2.45, 2.75) is 13.0 Å². The number of rotatable bonds is 6. The molecule has 0 atom stereocenters. The van der Waals surface area contributed by atoms with E-state index < -0.39 is 0 Å². The highest BCUT2D eigenvalue weighted by molar-refractivity contribution is 7.80. The Morgan fingerprint density at radius 1 is 1.00 bits per heavy atom. The van der Waals surface area contributed by atoms with Crippen molar-refractivity contribution in [2.75, 3.05) is 38.0 Å². The van der Waals surface area contributed by atoms with Gasteiger partial charge in [-0.15, -0.1) is 0 Å². The lowest BCUT2D eigenvalue weighted by Gasteiger charge is -2.22. The Labute approximate surface area is 182 Å². The number of benzene rings is 2. The molecule has 1 fully saturated rings. The van der Waals surface area contributed by atoms with Crippen LogP contribution in [-0.4, -0.2) is 59.5 Å². The molecule has 0 spiro atoms. The molecule has 0 radical (unpaired) electrons. The van der Waals surface area contributed by atoms with Crippen LogP contribution in [0.1, 0.15) is 22.3 Å². The number of carbonyl (C=O) groups is 2. The fourth-order valence-corrected chi connectivity index (χ4v) is 3.56. The quantitative estimate of drug-likeness (QED) is 0.612. The second kappa shape index (κ2) is 10.7. The lowest BCUT2D eigenvalue weighted by molar-refractivity contribution is -0.122. The van der Waals surface area contributed by atoms with Gasteiger partial charge in [-0.2, -0.15) is 0 Å². The molecule has 0 aliphatic carbocycles. The molecule has 158 valence electrons. The number of carbonyl (C=O) groups excluding carboxylic acids is 2. The molecule has 8 heteroatoms. The normalized spacial score (nSPS) is 14.6. The third kappa shape index (κ3) is 6.53. The Hall–Kier alpha value is -2.97. The number of anilines is 1. The van der Waals surface area contributed by atoms with Gasteiger partial charge in [0.05, 0.1) is 6.54 Å². The van der Waals surface area contributed by atoms with E-state index in [2.05, 4.69) is 15.5 Å². The monoisotopic (exact) mass is 425 g/mol. The average molecular weight is 426 g/mol. The number of hydrogen-bond donors (Lipinski definition) is 3. The maximum atomic E-state index is 12.9. The van der Waals surface area contributed by atoms with E-state index in [0.717, 1.165) is 18.5 Å². The van der Waals surface area contributed by atoms with E-state index in [9.17, 15) is 9.59 Å². The van der Waals surface area contributed by atoms with Gasteiger partial charge in [-0.05, 0) is 42.4 Å². The summed E-state index contributed by atoms with van der Waals surface area (Å²) in [7, 11) is 0. The topological polar surface area (TPSA) is 90.7 Å². The van der Waals surface area contributed by atoms with Gasteiger partial charge in [-0.25, -0.2) is 0 Å². The Morgan fingerprint density at radius 3 is 2.57 bits per heavy atom. The molecule has 7 nitrogen and oxygen atoms in total. The summed E-state index contributed by atoms with van der Waals surface area (Å²) in [5.41, 5.74) is 7.87. The number of nitrogens with zero attached hydrogens (tertiary/aromatic N) is 2. The number of amides is 2. The van der Waals surface area contributed by atoms with Crippen molar-refractivity contribution >= 4 is 34.8 Å². The van der Waals surface area contributed by atoms with E-state index in [1.54, 1.807) is 18.2 Å². The van der Waals surface area contributed by atoms with E-state index in [1.807, 2.05) is 41.3 Å². The fourth-order valence-electron chi connectivity index (χ4n) is 3.44. The maximum absolute atomic E-state index is 12.9. The molecular formula is C22H27N5O2S. The molecule has 2 amide bonds. The predicted molar refractivity (Wildman–Crippen MR) is 122 cm³/mol. The zero-order chi connectivity index (χ0) is 21.3. The first-order chi connectivity index (χ1) is 14.5. The summed E-state index contributed by atoms with van der Waals surface area (Å²) in [6, 6.07) is 17.0. The van der Waals surface area contributed by atoms with Crippen molar-refractivity contribution in [3.63, 3.8) is 0 Å². The summed E-state index contributed by atoms with van der Waals surface area (Å²) in [6.45, 7) is 3.55. The summed E-state index contributed by atoms with van der Waals surface area (Å²) in [6.07, 6.45) is 0.822. The minimum atomic E-state index is -0.0306. The Morgan fingerprint density at radius 2 is 1.80 bits per heavy atom. The maximum Gasteiger partial charge on any atom is 0.253 e. The van der Waals surface area contributed by atoms with E-state index in [4.69, 9.17) is 18.0 Å². The highest BCUT2D eigenvalue weighted by Crippen LogP contribution is 2.14. The SMILES string of the molecule is NC(=S)Nc1cccc(C(=O)N2CCCN(CC(=O)NCc3ccccc3)CC2)c1. The van der Waals surface area contributed by atoms with Crippen LogP contribution in [0.5, 0.6) is 0 Å². The van der Waals surface area contributed by atoms with E-state index in [0.29, 0.717) is 44.0 Å². The summed E-state index contributed by atoms with van der Waals surface area (Å²) < 4.78 is 0. The third-order valence-electron chi connectivity index (χ3n) is 4.95. The van der Waals surface area contributed by atoms with Crippen LogP contribution in [-0.2, 0) is 11.3 Å². The molecule has 0 unspecified atom stereocenters. The van der Waals surface area contributed by atoms with Gasteiger partial charge in [0.1, 0.15) is 0 Å². The Balaban J connectivity index is 1.50. The van der Waals surface area contributed by atoms with Crippen LogP contribution in [0.4, 0.5) is 5.69 Å². The lowest BCUT2D eigenvalue weighted by atomic mass is 10.1. The van der Waals surface area contributed by atoms with Crippen molar-refractivity contribution in [2.24, 2.45) is 5.73 Å². The van der Waals surface area contributed by atoms with Crippen LogP contribution in [0.2, 0.25) is 0 Å². The van der Waals surface area contributed by atoms with Gasteiger partial charge in [-0.1, -0.05) is 36.4 Å². The first kappa shape index (κ1) is 21.7. The number of hydrogen-bond acceptors (Lipinski definition) is 4. The van der Waals surface area contributed by atoms with Crippen molar-refractivity contribution in [3.8, 4) is 0 Å². The number of nitrogens with one attached hydrogen (secondary N) is 2. The van der Waals surface area contributed by atoms with Crippen LogP contribution in [0.3, 0.4) is 0 Å². The molecule has 4 N–H and O–H groups in total. The van der Waals surface area contributed by atoms with Crippen molar-refractivity contribution in [1.82, 2.24) is 15.1 Å². The van der Waals surface area contributed by atoms with Crippen molar-refractivity contribution in [1.29, 1.82) is 0 Å². The largest absolute Gasteiger partial charge is 0.376 e. The van der Waals surface area contributed by atoms with Gasteiger partial charge < -0.3 is 21.3 Å². The van der Waals surface area contributed by atoms with Crippen LogP contribution < -0.4 is 16.4 Å². The van der Waals surface area contributed by atoms with E-state index >= 15 is 0 Å². The van der Waals surface area contributed by atoms with Crippen LogP contribution in [0, 0.1) is 0 Å². The van der Waals surface area contributed by atoms with Crippen molar-refractivity contribution < 1.29 is 9.59 Å². The number of nitrogens with two attached hydrogens (primary N) is 1. The molecule has 1 heterocycles. The summed E-state index contributed by atoms with van der Waals surface area (Å²) >= 11 is 4.86. The molecule has 2 aromatic carbocycles. The first-order valence-electron chi connectivity index (χ1n) is 10.00. The van der Waals surface area contributed by atoms with Crippen LogP contribution in [0.15, 0.2) is 54.6 Å². The van der Waals surface area contributed by atoms with Gasteiger partial charge in [0, 0.05) is 44.0 Å². The Bertz CT molecular complexity index is 890. The molecule has 30 heavy (non-hydrogen) atoms.